The summed E-state index contributed by atoms with van der Waals surface area (Å²) in [6, 6.07) is 10.8. The minimum absolute atomic E-state index is 0.135. The van der Waals surface area contributed by atoms with Crippen LogP contribution in [-0.4, -0.2) is 45.6 Å². The molecule has 0 spiro atoms. The van der Waals surface area contributed by atoms with Gasteiger partial charge in [0.1, 0.15) is 10.8 Å². The van der Waals surface area contributed by atoms with Gasteiger partial charge in [-0.1, -0.05) is 0 Å². The smallest absolute Gasteiger partial charge is 0.251 e. The first-order chi connectivity index (χ1) is 11.7. The summed E-state index contributed by atoms with van der Waals surface area (Å²) in [5, 5.41) is 16.4. The molecule has 24 heavy (non-hydrogen) atoms. The predicted octanol–water partition coefficient (Wildman–Crippen LogP) is 1.83. The highest BCUT2D eigenvalue weighted by Crippen LogP contribution is 2.13. The van der Waals surface area contributed by atoms with Gasteiger partial charge in [0.2, 0.25) is 0 Å². The fourth-order valence-corrected chi connectivity index (χ4v) is 2.58. The molecule has 0 unspecified atom stereocenters. The molecule has 2 heterocycles. The van der Waals surface area contributed by atoms with Crippen LogP contribution in [0.15, 0.2) is 41.4 Å². The second-order valence-electron chi connectivity index (χ2n) is 5.00. The van der Waals surface area contributed by atoms with Crippen molar-refractivity contribution in [1.82, 2.24) is 25.1 Å². The third-order valence-electron chi connectivity index (χ3n) is 3.50. The van der Waals surface area contributed by atoms with Crippen LogP contribution in [0, 0.1) is 0 Å². The van der Waals surface area contributed by atoms with E-state index in [2.05, 4.69) is 20.6 Å². The maximum absolute atomic E-state index is 12.1. The quantitative estimate of drug-likeness (QED) is 0.688. The van der Waals surface area contributed by atoms with Crippen LogP contribution in [0.25, 0.3) is 5.65 Å². The van der Waals surface area contributed by atoms with E-state index in [9.17, 15) is 4.79 Å². The normalized spacial score (nSPS) is 10.8. The number of rotatable bonds is 6. The molecular weight excluding hydrogens is 326 g/mol. The molecule has 0 bridgehead atoms. The van der Waals surface area contributed by atoms with Gasteiger partial charge in [0.05, 0.1) is 7.11 Å². The number of methoxy groups -OCH3 is 1. The van der Waals surface area contributed by atoms with Crippen LogP contribution < -0.4 is 10.1 Å². The number of carbonyl (C=O) groups is 1. The SMILES string of the molecule is COc1ccc(C(=O)NCCc2nnc3ccc(SC)nn23)cc1. The first-order valence-electron chi connectivity index (χ1n) is 7.39. The molecule has 1 aromatic carbocycles. The van der Waals surface area contributed by atoms with Crippen LogP contribution in [0.4, 0.5) is 0 Å². The summed E-state index contributed by atoms with van der Waals surface area (Å²) < 4.78 is 6.79. The number of hydrogen-bond donors (Lipinski definition) is 1. The number of aromatic nitrogens is 4. The maximum Gasteiger partial charge on any atom is 0.251 e. The maximum atomic E-state index is 12.1. The number of nitrogens with one attached hydrogen (secondary N) is 1. The zero-order valence-corrected chi connectivity index (χ0v) is 14.2. The Morgan fingerprint density at radius 2 is 2.00 bits per heavy atom. The number of ether oxygens (including phenoxy) is 1. The van der Waals surface area contributed by atoms with Gasteiger partial charge in [0.15, 0.2) is 11.5 Å². The summed E-state index contributed by atoms with van der Waals surface area (Å²) in [6.07, 6.45) is 2.52. The average Bonchev–Trinajstić information content (AvgIpc) is 3.04. The lowest BCUT2D eigenvalue weighted by Crippen LogP contribution is -2.26. The zero-order valence-electron chi connectivity index (χ0n) is 13.4. The molecule has 0 atom stereocenters. The molecule has 0 saturated carbocycles. The van der Waals surface area contributed by atoms with Gasteiger partial charge in [-0.25, -0.2) is 0 Å². The molecule has 124 valence electrons. The van der Waals surface area contributed by atoms with Crippen LogP contribution in [0.2, 0.25) is 0 Å². The standard InChI is InChI=1S/C16H17N5O2S/c1-23-12-5-3-11(4-6-12)16(22)17-10-9-14-19-18-13-7-8-15(24-2)20-21(13)14/h3-8H,9-10H2,1-2H3,(H,17,22). The molecule has 0 aliphatic rings. The molecule has 0 aliphatic carbocycles. The Kier molecular flexibility index (Phi) is 4.95. The average molecular weight is 343 g/mol. The molecular formula is C16H17N5O2S. The Morgan fingerprint density at radius 1 is 1.21 bits per heavy atom. The van der Waals surface area contributed by atoms with Crippen LogP contribution in [0.5, 0.6) is 5.75 Å². The van der Waals surface area contributed by atoms with Crippen LogP contribution in [0.1, 0.15) is 16.2 Å². The fourth-order valence-electron chi connectivity index (χ4n) is 2.21. The predicted molar refractivity (Wildman–Crippen MR) is 91.6 cm³/mol. The molecule has 3 aromatic rings. The summed E-state index contributed by atoms with van der Waals surface area (Å²) >= 11 is 1.56. The molecule has 0 radical (unpaired) electrons. The largest absolute Gasteiger partial charge is 0.497 e. The van der Waals surface area contributed by atoms with E-state index < -0.39 is 0 Å². The minimum Gasteiger partial charge on any atom is -0.497 e. The van der Waals surface area contributed by atoms with Crippen molar-refractivity contribution >= 4 is 23.3 Å². The van der Waals surface area contributed by atoms with Gasteiger partial charge in [-0.3, -0.25) is 4.79 Å². The number of nitrogens with zero attached hydrogens (tertiary/aromatic N) is 4. The molecule has 1 amide bonds. The van der Waals surface area contributed by atoms with E-state index in [4.69, 9.17) is 4.74 Å². The summed E-state index contributed by atoms with van der Waals surface area (Å²) in [4.78, 5) is 12.1. The van der Waals surface area contributed by atoms with Gasteiger partial charge in [-0.15, -0.1) is 22.0 Å². The minimum atomic E-state index is -0.135. The van der Waals surface area contributed by atoms with Crippen LogP contribution in [-0.2, 0) is 6.42 Å². The highest BCUT2D eigenvalue weighted by molar-refractivity contribution is 7.98. The monoisotopic (exact) mass is 343 g/mol. The number of amides is 1. The third-order valence-corrected chi connectivity index (χ3v) is 4.13. The number of hydrogen-bond acceptors (Lipinski definition) is 6. The molecule has 0 saturated heterocycles. The van der Waals surface area contributed by atoms with E-state index >= 15 is 0 Å². The summed E-state index contributed by atoms with van der Waals surface area (Å²) in [6.45, 7) is 0.455. The summed E-state index contributed by atoms with van der Waals surface area (Å²) in [7, 11) is 1.59. The number of fused-ring (bicyclic) bond motifs is 1. The van der Waals surface area contributed by atoms with Crippen molar-refractivity contribution in [2.45, 2.75) is 11.4 Å². The van der Waals surface area contributed by atoms with Gasteiger partial charge in [-0.05, 0) is 42.7 Å². The fraction of sp³-hybridized carbons (Fsp3) is 0.250. The first kappa shape index (κ1) is 16.3. The molecule has 0 fully saturated rings. The number of thioether (sulfide) groups is 1. The highest BCUT2D eigenvalue weighted by Gasteiger charge is 2.09. The van der Waals surface area contributed by atoms with Gasteiger partial charge in [0, 0.05) is 18.5 Å². The second kappa shape index (κ2) is 7.31. The van der Waals surface area contributed by atoms with E-state index in [1.54, 1.807) is 47.7 Å². The van der Waals surface area contributed by atoms with Crippen LogP contribution in [0.3, 0.4) is 0 Å². The topological polar surface area (TPSA) is 81.4 Å². The summed E-state index contributed by atoms with van der Waals surface area (Å²) in [5.74, 6) is 1.30. The van der Waals surface area contributed by atoms with E-state index in [1.165, 1.54) is 0 Å². The lowest BCUT2D eigenvalue weighted by atomic mass is 10.2. The van der Waals surface area contributed by atoms with E-state index in [0.29, 0.717) is 24.2 Å². The van der Waals surface area contributed by atoms with Crippen molar-refractivity contribution in [2.24, 2.45) is 0 Å². The van der Waals surface area contributed by atoms with E-state index in [0.717, 1.165) is 16.6 Å². The molecule has 0 aliphatic heterocycles. The molecule has 2 aromatic heterocycles. The van der Waals surface area contributed by atoms with Crippen LogP contribution >= 0.6 is 11.8 Å². The Hall–Kier alpha value is -2.61. The molecule has 3 rings (SSSR count). The second-order valence-corrected chi connectivity index (χ2v) is 5.82. The highest BCUT2D eigenvalue weighted by atomic mass is 32.2. The Balaban J connectivity index is 1.62. The van der Waals surface area contributed by atoms with Crippen molar-refractivity contribution < 1.29 is 9.53 Å². The van der Waals surface area contributed by atoms with Crippen molar-refractivity contribution in [3.05, 3.63) is 47.8 Å². The Bertz CT molecular complexity index is 847. The van der Waals surface area contributed by atoms with Gasteiger partial charge >= 0.3 is 0 Å². The van der Waals surface area contributed by atoms with Gasteiger partial charge in [-0.2, -0.15) is 9.61 Å². The van der Waals surface area contributed by atoms with Gasteiger partial charge in [0.25, 0.3) is 5.91 Å². The van der Waals surface area contributed by atoms with Crippen molar-refractivity contribution in [3.8, 4) is 5.75 Å². The zero-order chi connectivity index (χ0) is 16.9. The molecule has 8 heteroatoms. The van der Waals surface area contributed by atoms with Crippen molar-refractivity contribution in [3.63, 3.8) is 0 Å². The number of benzene rings is 1. The van der Waals surface area contributed by atoms with Gasteiger partial charge < -0.3 is 10.1 Å². The summed E-state index contributed by atoms with van der Waals surface area (Å²) in [5.41, 5.74) is 1.29. The van der Waals surface area contributed by atoms with E-state index in [-0.39, 0.29) is 5.91 Å². The molecule has 1 N–H and O–H groups in total. The third kappa shape index (κ3) is 3.48. The van der Waals surface area contributed by atoms with Crippen molar-refractivity contribution in [1.29, 1.82) is 0 Å². The number of carbonyl (C=O) groups excluding carboxylic acids is 1. The van der Waals surface area contributed by atoms with E-state index in [1.807, 2.05) is 18.4 Å². The first-order valence-corrected chi connectivity index (χ1v) is 8.61. The Labute approximate surface area is 143 Å². The molecule has 7 nitrogen and oxygen atoms in total. The lowest BCUT2D eigenvalue weighted by molar-refractivity contribution is 0.0954. The Morgan fingerprint density at radius 3 is 2.71 bits per heavy atom. The lowest BCUT2D eigenvalue weighted by Gasteiger charge is -2.05. The van der Waals surface area contributed by atoms with Crippen molar-refractivity contribution in [2.75, 3.05) is 19.9 Å².